The number of rotatable bonds is 7. The molecular weight excluding hydrogens is 378 g/mol. The summed E-state index contributed by atoms with van der Waals surface area (Å²) in [5, 5.41) is 3.51. The number of methoxy groups -OCH3 is 2. The van der Waals surface area contributed by atoms with Crippen LogP contribution in [-0.2, 0) is 19.6 Å². The van der Waals surface area contributed by atoms with Crippen LogP contribution >= 0.6 is 0 Å². The second kappa shape index (κ2) is 8.82. The fourth-order valence-electron chi connectivity index (χ4n) is 4.81. The molecule has 0 saturated carbocycles. The highest BCUT2D eigenvalue weighted by Crippen LogP contribution is 2.32. The Kier molecular flexibility index (Phi) is 6.16. The number of piperidine rings is 1. The molecule has 0 aliphatic carbocycles. The van der Waals surface area contributed by atoms with Crippen LogP contribution < -0.4 is 20.3 Å². The first-order valence-corrected chi connectivity index (χ1v) is 10.9. The van der Waals surface area contributed by atoms with E-state index in [0.717, 1.165) is 48.8 Å². The summed E-state index contributed by atoms with van der Waals surface area (Å²) in [7, 11) is 3.30. The topological polar surface area (TPSA) is 55.7 Å². The van der Waals surface area contributed by atoms with Gasteiger partial charge >= 0.3 is 0 Å². The monoisotopic (exact) mass is 411 g/mol. The first kappa shape index (κ1) is 20.9. The second-order valence-electron chi connectivity index (χ2n) is 8.84. The Morgan fingerprint density at radius 1 is 1.10 bits per heavy atom. The van der Waals surface area contributed by atoms with Crippen LogP contribution in [0.3, 0.4) is 0 Å². The van der Waals surface area contributed by atoms with E-state index >= 15 is 0 Å². The number of pyridine rings is 1. The summed E-state index contributed by atoms with van der Waals surface area (Å²) in [4.78, 5) is 15.6. The van der Waals surface area contributed by atoms with E-state index in [1.54, 1.807) is 14.2 Å². The molecule has 0 radical (unpaired) electrons. The normalized spacial score (nSPS) is 20.3. The van der Waals surface area contributed by atoms with Gasteiger partial charge in [-0.15, -0.1) is 0 Å². The highest BCUT2D eigenvalue weighted by atomic mass is 16.5. The molecule has 1 fully saturated rings. The summed E-state index contributed by atoms with van der Waals surface area (Å²) in [6.45, 7) is 8.56. The summed E-state index contributed by atoms with van der Waals surface area (Å²) < 4.78 is 12.9. The highest BCUT2D eigenvalue weighted by molar-refractivity contribution is 5.42. The molecule has 6 nitrogen and oxygen atoms in total. The summed E-state index contributed by atoms with van der Waals surface area (Å²) in [5.41, 5.74) is 3.39. The Bertz CT molecular complexity index is 953. The molecule has 4 rings (SSSR count). The van der Waals surface area contributed by atoms with Crippen molar-refractivity contribution >= 4 is 0 Å². The van der Waals surface area contributed by atoms with Gasteiger partial charge in [-0.2, -0.15) is 0 Å². The minimum absolute atomic E-state index is 0.182. The number of hydrogen-bond acceptors (Lipinski definition) is 5. The molecule has 2 atom stereocenters. The number of ether oxygens (including phenoxy) is 2. The molecule has 162 valence electrons. The van der Waals surface area contributed by atoms with Gasteiger partial charge in [-0.25, -0.2) is 0 Å². The molecule has 1 aromatic carbocycles. The van der Waals surface area contributed by atoms with Crippen LogP contribution in [-0.4, -0.2) is 42.8 Å². The van der Waals surface area contributed by atoms with Crippen LogP contribution in [0.5, 0.6) is 11.5 Å². The average molecular weight is 412 g/mol. The molecule has 2 bridgehead atoms. The van der Waals surface area contributed by atoms with Gasteiger partial charge in [-0.3, -0.25) is 9.69 Å². The lowest BCUT2D eigenvalue weighted by molar-refractivity contribution is 0.200. The van der Waals surface area contributed by atoms with Gasteiger partial charge in [0.15, 0.2) is 11.5 Å². The van der Waals surface area contributed by atoms with E-state index in [2.05, 4.69) is 36.2 Å². The molecule has 1 N–H and O–H groups in total. The third kappa shape index (κ3) is 4.12. The molecule has 2 aliphatic heterocycles. The van der Waals surface area contributed by atoms with Crippen molar-refractivity contribution in [3.8, 4) is 11.5 Å². The standard InChI is InChI=1S/C24H33N3O3/c1-16(2)26(13-17-5-8-22(29-3)23(10-17)30-4)15-19-6-7-21-20-9-18(11-25-12-20)14-27(21)24(19)28/h5-8,10,16,18,20,25H,9,11-15H2,1-4H3/t18-,20+/m0/s1. The molecule has 30 heavy (non-hydrogen) atoms. The van der Waals surface area contributed by atoms with Crippen LogP contribution in [0.2, 0.25) is 0 Å². The molecule has 6 heteroatoms. The molecule has 0 amide bonds. The fourth-order valence-corrected chi connectivity index (χ4v) is 4.81. The summed E-state index contributed by atoms with van der Waals surface area (Å²) in [6.07, 6.45) is 1.20. The Labute approximate surface area is 178 Å². The molecule has 2 aromatic rings. The van der Waals surface area contributed by atoms with Crippen LogP contribution in [0.15, 0.2) is 35.1 Å². The van der Waals surface area contributed by atoms with Crippen LogP contribution in [0.1, 0.15) is 43.0 Å². The predicted octanol–water partition coefficient (Wildman–Crippen LogP) is 2.98. The van der Waals surface area contributed by atoms with Crippen LogP contribution in [0, 0.1) is 5.92 Å². The van der Waals surface area contributed by atoms with Gasteiger partial charge < -0.3 is 19.4 Å². The zero-order chi connectivity index (χ0) is 21.3. The van der Waals surface area contributed by atoms with Crippen molar-refractivity contribution in [1.29, 1.82) is 0 Å². The Hall–Kier alpha value is -2.31. The predicted molar refractivity (Wildman–Crippen MR) is 118 cm³/mol. The fraction of sp³-hybridized carbons (Fsp3) is 0.542. The van der Waals surface area contributed by atoms with Gasteiger partial charge in [-0.1, -0.05) is 12.1 Å². The number of nitrogens with zero attached hydrogens (tertiary/aromatic N) is 2. The van der Waals surface area contributed by atoms with Crippen molar-refractivity contribution in [1.82, 2.24) is 14.8 Å². The van der Waals surface area contributed by atoms with Crippen LogP contribution in [0.25, 0.3) is 0 Å². The first-order valence-electron chi connectivity index (χ1n) is 10.9. The maximum absolute atomic E-state index is 13.3. The zero-order valence-electron chi connectivity index (χ0n) is 18.5. The maximum Gasteiger partial charge on any atom is 0.255 e. The minimum atomic E-state index is 0.182. The van der Waals surface area contributed by atoms with E-state index in [1.807, 2.05) is 22.8 Å². The van der Waals surface area contributed by atoms with E-state index < -0.39 is 0 Å². The van der Waals surface area contributed by atoms with Crippen molar-refractivity contribution in [2.75, 3.05) is 27.3 Å². The van der Waals surface area contributed by atoms with Crippen molar-refractivity contribution < 1.29 is 9.47 Å². The van der Waals surface area contributed by atoms with E-state index in [9.17, 15) is 4.79 Å². The third-order valence-corrected chi connectivity index (χ3v) is 6.52. The number of benzene rings is 1. The first-order chi connectivity index (χ1) is 14.5. The quantitative estimate of drug-likeness (QED) is 0.759. The Morgan fingerprint density at radius 2 is 1.90 bits per heavy atom. The van der Waals surface area contributed by atoms with Gasteiger partial charge in [0.25, 0.3) is 5.56 Å². The molecule has 1 saturated heterocycles. The van der Waals surface area contributed by atoms with Crippen molar-refractivity contribution in [2.24, 2.45) is 5.92 Å². The average Bonchev–Trinajstić information content (AvgIpc) is 2.75. The second-order valence-corrected chi connectivity index (χ2v) is 8.84. The number of nitrogens with one attached hydrogen (secondary N) is 1. The number of aromatic nitrogens is 1. The summed E-state index contributed by atoms with van der Waals surface area (Å²) in [5.74, 6) is 2.49. The molecule has 0 spiro atoms. The van der Waals surface area contributed by atoms with Gasteiger partial charge in [-0.05, 0) is 56.5 Å². The van der Waals surface area contributed by atoms with E-state index in [0.29, 0.717) is 24.4 Å². The van der Waals surface area contributed by atoms with E-state index in [1.165, 1.54) is 12.1 Å². The molecule has 1 aromatic heterocycles. The van der Waals surface area contributed by atoms with Gasteiger partial charge in [0.05, 0.1) is 14.2 Å². The van der Waals surface area contributed by atoms with E-state index in [-0.39, 0.29) is 5.56 Å². The summed E-state index contributed by atoms with van der Waals surface area (Å²) >= 11 is 0. The maximum atomic E-state index is 13.3. The summed E-state index contributed by atoms with van der Waals surface area (Å²) in [6, 6.07) is 10.6. The van der Waals surface area contributed by atoms with Gasteiger partial charge in [0, 0.05) is 49.4 Å². The highest BCUT2D eigenvalue weighted by Gasteiger charge is 2.31. The number of fused-ring (bicyclic) bond motifs is 4. The van der Waals surface area contributed by atoms with Crippen molar-refractivity contribution in [2.45, 2.75) is 51.9 Å². The smallest absolute Gasteiger partial charge is 0.255 e. The Balaban J connectivity index is 1.57. The molecule has 2 aliphatic rings. The zero-order valence-corrected chi connectivity index (χ0v) is 18.5. The van der Waals surface area contributed by atoms with Crippen molar-refractivity contribution in [3.63, 3.8) is 0 Å². The lowest BCUT2D eigenvalue weighted by Crippen LogP contribution is -2.45. The van der Waals surface area contributed by atoms with E-state index in [4.69, 9.17) is 9.47 Å². The molecule has 3 heterocycles. The van der Waals surface area contributed by atoms with Crippen molar-refractivity contribution in [3.05, 3.63) is 57.5 Å². The lowest BCUT2D eigenvalue weighted by Gasteiger charge is -2.38. The SMILES string of the molecule is COc1ccc(CN(Cc2ccc3n(c2=O)C[C@@H]2CNC[C@H]3C2)C(C)C)cc1OC. The lowest BCUT2D eigenvalue weighted by atomic mass is 9.84. The molecule has 0 unspecified atom stereocenters. The number of hydrogen-bond donors (Lipinski definition) is 1. The van der Waals surface area contributed by atoms with Gasteiger partial charge in [0.2, 0.25) is 0 Å². The third-order valence-electron chi connectivity index (χ3n) is 6.52. The van der Waals surface area contributed by atoms with Crippen LogP contribution in [0.4, 0.5) is 0 Å². The molecular formula is C24H33N3O3. The largest absolute Gasteiger partial charge is 0.493 e. The van der Waals surface area contributed by atoms with Gasteiger partial charge in [0.1, 0.15) is 0 Å². The minimum Gasteiger partial charge on any atom is -0.493 e. The Morgan fingerprint density at radius 3 is 2.63 bits per heavy atom.